The standard InChI is InChI=1S/C20H21F2N3O2S/c1-12-16(13(2)25(4)23-12)9-24(3)20(26)19-7-14(11-28-19)10-27-18-6-5-15(21)8-17(18)22/h5-8,11H,9-10H2,1-4H3. The van der Waals surface area contributed by atoms with Crippen LogP contribution in [0.15, 0.2) is 29.6 Å². The molecule has 0 atom stereocenters. The second-order valence-corrected chi connectivity index (χ2v) is 7.53. The zero-order chi connectivity index (χ0) is 20.4. The van der Waals surface area contributed by atoms with Crippen molar-refractivity contribution in [3.05, 3.63) is 68.7 Å². The number of hydrogen-bond donors (Lipinski definition) is 0. The zero-order valence-electron chi connectivity index (χ0n) is 16.1. The van der Waals surface area contributed by atoms with Gasteiger partial charge in [0.25, 0.3) is 5.91 Å². The Kier molecular flexibility index (Phi) is 5.79. The highest BCUT2D eigenvalue weighted by molar-refractivity contribution is 7.12. The number of aromatic nitrogens is 2. The summed E-state index contributed by atoms with van der Waals surface area (Å²) in [6, 6.07) is 4.89. The first kappa shape index (κ1) is 20.0. The summed E-state index contributed by atoms with van der Waals surface area (Å²) in [5.41, 5.74) is 3.71. The molecule has 2 heterocycles. The molecule has 0 aliphatic carbocycles. The van der Waals surface area contributed by atoms with Crippen LogP contribution in [0.1, 0.15) is 32.2 Å². The lowest BCUT2D eigenvalue weighted by atomic mass is 10.2. The average Bonchev–Trinajstić information content (AvgIpc) is 3.21. The molecule has 0 bridgehead atoms. The van der Waals surface area contributed by atoms with E-state index in [1.54, 1.807) is 28.1 Å². The summed E-state index contributed by atoms with van der Waals surface area (Å²) in [6.07, 6.45) is 0. The fourth-order valence-electron chi connectivity index (χ4n) is 2.86. The molecular formula is C20H21F2N3O2S. The van der Waals surface area contributed by atoms with Crippen molar-refractivity contribution in [2.75, 3.05) is 7.05 Å². The zero-order valence-corrected chi connectivity index (χ0v) is 16.9. The van der Waals surface area contributed by atoms with Crippen molar-refractivity contribution in [1.82, 2.24) is 14.7 Å². The number of rotatable bonds is 6. The van der Waals surface area contributed by atoms with E-state index in [4.69, 9.17) is 4.74 Å². The van der Waals surface area contributed by atoms with Crippen LogP contribution >= 0.6 is 11.3 Å². The Morgan fingerprint density at radius 2 is 2.04 bits per heavy atom. The van der Waals surface area contributed by atoms with Gasteiger partial charge in [-0.25, -0.2) is 8.78 Å². The second-order valence-electron chi connectivity index (χ2n) is 6.62. The number of ether oxygens (including phenoxy) is 1. The normalized spacial score (nSPS) is 10.9. The van der Waals surface area contributed by atoms with E-state index in [1.165, 1.54) is 17.4 Å². The van der Waals surface area contributed by atoms with Gasteiger partial charge in [-0.1, -0.05) is 0 Å². The van der Waals surface area contributed by atoms with Crippen molar-refractivity contribution in [3.63, 3.8) is 0 Å². The van der Waals surface area contributed by atoms with Gasteiger partial charge < -0.3 is 9.64 Å². The van der Waals surface area contributed by atoms with Crippen molar-refractivity contribution in [3.8, 4) is 5.75 Å². The van der Waals surface area contributed by atoms with Gasteiger partial charge in [-0.05, 0) is 37.4 Å². The molecule has 5 nitrogen and oxygen atoms in total. The summed E-state index contributed by atoms with van der Waals surface area (Å²) in [5.74, 6) is -1.55. The van der Waals surface area contributed by atoms with E-state index in [1.807, 2.05) is 20.9 Å². The van der Waals surface area contributed by atoms with Crippen LogP contribution in [0.4, 0.5) is 8.78 Å². The number of halogens is 2. The molecule has 148 valence electrons. The smallest absolute Gasteiger partial charge is 0.263 e. The average molecular weight is 405 g/mol. The Morgan fingerprint density at radius 1 is 1.29 bits per heavy atom. The monoisotopic (exact) mass is 405 g/mol. The van der Waals surface area contributed by atoms with E-state index in [2.05, 4.69) is 5.10 Å². The van der Waals surface area contributed by atoms with E-state index in [-0.39, 0.29) is 18.3 Å². The van der Waals surface area contributed by atoms with Crippen molar-refractivity contribution >= 4 is 17.2 Å². The lowest BCUT2D eigenvalue weighted by molar-refractivity contribution is 0.0789. The Morgan fingerprint density at radius 3 is 2.68 bits per heavy atom. The molecule has 2 aromatic heterocycles. The Labute approximate surface area is 166 Å². The van der Waals surface area contributed by atoms with Crippen LogP contribution in [0.2, 0.25) is 0 Å². The molecule has 0 radical (unpaired) electrons. The molecule has 8 heteroatoms. The van der Waals surface area contributed by atoms with Gasteiger partial charge in [-0.15, -0.1) is 11.3 Å². The van der Waals surface area contributed by atoms with Crippen LogP contribution in [0.5, 0.6) is 5.75 Å². The summed E-state index contributed by atoms with van der Waals surface area (Å²) in [4.78, 5) is 14.9. The minimum absolute atomic E-state index is 0.0277. The van der Waals surface area contributed by atoms with E-state index in [0.717, 1.165) is 34.6 Å². The van der Waals surface area contributed by atoms with Crippen LogP contribution in [0, 0.1) is 25.5 Å². The molecule has 28 heavy (non-hydrogen) atoms. The number of amides is 1. The highest BCUT2D eigenvalue weighted by Gasteiger charge is 2.18. The summed E-state index contributed by atoms with van der Waals surface area (Å²) >= 11 is 1.31. The Bertz CT molecular complexity index is 1010. The third-order valence-corrected chi connectivity index (χ3v) is 5.52. The number of carbonyl (C=O) groups is 1. The lowest BCUT2D eigenvalue weighted by Gasteiger charge is -2.16. The van der Waals surface area contributed by atoms with Crippen molar-refractivity contribution in [2.24, 2.45) is 7.05 Å². The summed E-state index contributed by atoms with van der Waals surface area (Å²) in [6.45, 7) is 4.46. The third-order valence-electron chi connectivity index (χ3n) is 4.55. The first-order chi connectivity index (χ1) is 13.3. The van der Waals surface area contributed by atoms with E-state index < -0.39 is 11.6 Å². The quantitative estimate of drug-likeness (QED) is 0.617. The largest absolute Gasteiger partial charge is 0.486 e. The Balaban J connectivity index is 1.64. The first-order valence-electron chi connectivity index (χ1n) is 8.66. The van der Waals surface area contributed by atoms with Gasteiger partial charge in [0.05, 0.1) is 10.6 Å². The second kappa shape index (κ2) is 8.10. The number of aryl methyl sites for hydroxylation is 2. The van der Waals surface area contributed by atoms with Gasteiger partial charge >= 0.3 is 0 Å². The number of nitrogens with zero attached hydrogens (tertiary/aromatic N) is 3. The predicted octanol–water partition coefficient (Wildman–Crippen LogP) is 4.23. The molecule has 0 spiro atoms. The first-order valence-corrected chi connectivity index (χ1v) is 9.54. The molecule has 0 aliphatic heterocycles. The van der Waals surface area contributed by atoms with Gasteiger partial charge in [-0.2, -0.15) is 5.10 Å². The number of carbonyl (C=O) groups excluding carboxylic acids is 1. The van der Waals surface area contributed by atoms with Crippen LogP contribution in [0.3, 0.4) is 0 Å². The molecule has 0 N–H and O–H groups in total. The highest BCUT2D eigenvalue weighted by atomic mass is 32.1. The fourth-order valence-corrected chi connectivity index (χ4v) is 3.75. The molecule has 0 unspecified atom stereocenters. The molecule has 0 saturated heterocycles. The SMILES string of the molecule is Cc1nn(C)c(C)c1CN(C)C(=O)c1cc(COc2ccc(F)cc2F)cs1. The number of hydrogen-bond acceptors (Lipinski definition) is 4. The highest BCUT2D eigenvalue weighted by Crippen LogP contribution is 2.23. The van der Waals surface area contributed by atoms with Gasteiger partial charge in [0.1, 0.15) is 12.4 Å². The molecule has 0 aliphatic rings. The molecule has 0 saturated carbocycles. The topological polar surface area (TPSA) is 47.4 Å². The molecule has 0 fully saturated rings. The summed E-state index contributed by atoms with van der Waals surface area (Å²) in [5, 5.41) is 6.17. The molecule has 3 rings (SSSR count). The minimum Gasteiger partial charge on any atom is -0.486 e. The molecule has 1 aromatic carbocycles. The van der Waals surface area contributed by atoms with Gasteiger partial charge in [0.15, 0.2) is 11.6 Å². The maximum atomic E-state index is 13.6. The Hall–Kier alpha value is -2.74. The van der Waals surface area contributed by atoms with Gasteiger partial charge in [0, 0.05) is 43.5 Å². The fraction of sp³-hybridized carbons (Fsp3) is 0.300. The summed E-state index contributed by atoms with van der Waals surface area (Å²) in [7, 11) is 3.63. The predicted molar refractivity (Wildman–Crippen MR) is 103 cm³/mol. The van der Waals surface area contributed by atoms with Crippen molar-refractivity contribution < 1.29 is 18.3 Å². The van der Waals surface area contributed by atoms with Gasteiger partial charge in [-0.3, -0.25) is 9.48 Å². The lowest BCUT2D eigenvalue weighted by Crippen LogP contribution is -2.26. The summed E-state index contributed by atoms with van der Waals surface area (Å²) < 4.78 is 33.8. The maximum Gasteiger partial charge on any atom is 0.263 e. The number of benzene rings is 1. The van der Waals surface area contributed by atoms with Crippen LogP contribution in [-0.2, 0) is 20.2 Å². The van der Waals surface area contributed by atoms with Crippen molar-refractivity contribution in [2.45, 2.75) is 27.0 Å². The van der Waals surface area contributed by atoms with Gasteiger partial charge in [0.2, 0.25) is 0 Å². The molecule has 1 amide bonds. The maximum absolute atomic E-state index is 13.6. The van der Waals surface area contributed by atoms with Crippen molar-refractivity contribution in [1.29, 1.82) is 0 Å². The molecular weight excluding hydrogens is 384 g/mol. The van der Waals surface area contributed by atoms with Crippen LogP contribution < -0.4 is 4.74 Å². The third kappa shape index (κ3) is 4.22. The minimum atomic E-state index is -0.756. The number of thiophene rings is 1. The van der Waals surface area contributed by atoms with E-state index in [0.29, 0.717) is 11.4 Å². The molecule has 3 aromatic rings. The van der Waals surface area contributed by atoms with Crippen LogP contribution in [-0.4, -0.2) is 27.6 Å². The van der Waals surface area contributed by atoms with Crippen LogP contribution in [0.25, 0.3) is 0 Å². The van der Waals surface area contributed by atoms with E-state index >= 15 is 0 Å². The van der Waals surface area contributed by atoms with E-state index in [9.17, 15) is 13.6 Å².